The van der Waals surface area contributed by atoms with Gasteiger partial charge in [0.25, 0.3) is 0 Å². The van der Waals surface area contributed by atoms with E-state index >= 15 is 0 Å². The van der Waals surface area contributed by atoms with Crippen LogP contribution in [0.3, 0.4) is 0 Å². The van der Waals surface area contributed by atoms with E-state index in [0.717, 1.165) is 37.0 Å². The lowest BCUT2D eigenvalue weighted by Crippen LogP contribution is -2.37. The van der Waals surface area contributed by atoms with Gasteiger partial charge in [-0.1, -0.05) is 0 Å². The summed E-state index contributed by atoms with van der Waals surface area (Å²) in [6.45, 7) is 8.04. The van der Waals surface area contributed by atoms with E-state index in [0.29, 0.717) is 12.5 Å². The van der Waals surface area contributed by atoms with Crippen molar-refractivity contribution >= 4 is 34.8 Å². The van der Waals surface area contributed by atoms with Crippen LogP contribution in [0.2, 0.25) is 0 Å². The molecule has 0 bridgehead atoms. The van der Waals surface area contributed by atoms with E-state index < -0.39 is 0 Å². The summed E-state index contributed by atoms with van der Waals surface area (Å²) in [5.74, 6) is 0.667. The van der Waals surface area contributed by atoms with Gasteiger partial charge < -0.3 is 5.73 Å². The van der Waals surface area contributed by atoms with Crippen LogP contribution in [0.15, 0.2) is 5.38 Å². The van der Waals surface area contributed by atoms with Crippen LogP contribution in [0.25, 0.3) is 0 Å². The van der Waals surface area contributed by atoms with Crippen molar-refractivity contribution in [2.45, 2.75) is 33.2 Å². The number of anilines is 1. The monoisotopic (exact) mass is 332 g/mol. The van der Waals surface area contributed by atoms with Gasteiger partial charge in [0.05, 0.1) is 5.69 Å². The number of aromatic nitrogens is 1. The molecular formula is C14H25ClN4OS. The van der Waals surface area contributed by atoms with Crippen molar-refractivity contribution in [3.05, 3.63) is 11.1 Å². The molecule has 2 rings (SSSR count). The first kappa shape index (κ1) is 18.4. The number of carbonyl (C=O) groups excluding carboxylic acids is 1. The molecule has 0 saturated carbocycles. The van der Waals surface area contributed by atoms with Crippen LogP contribution in [-0.4, -0.2) is 42.0 Å². The van der Waals surface area contributed by atoms with E-state index in [9.17, 15) is 4.79 Å². The quantitative estimate of drug-likeness (QED) is 0.897. The minimum Gasteiger partial charge on any atom is -0.330 e. The summed E-state index contributed by atoms with van der Waals surface area (Å²) in [4.78, 5) is 20.3. The lowest BCUT2D eigenvalue weighted by atomic mass is 9.98. The molecule has 2 N–H and O–H groups in total. The third kappa shape index (κ3) is 4.92. The molecule has 1 amide bonds. The van der Waals surface area contributed by atoms with Crippen molar-refractivity contribution < 1.29 is 4.79 Å². The number of nitrogens with zero attached hydrogens (tertiary/aromatic N) is 3. The number of carbonyl (C=O) groups is 1. The Morgan fingerprint density at radius 3 is 3.00 bits per heavy atom. The number of likely N-dealkylation sites (tertiary alicyclic amines) is 1. The minimum absolute atomic E-state index is 0. The Morgan fingerprint density at radius 2 is 2.38 bits per heavy atom. The summed E-state index contributed by atoms with van der Waals surface area (Å²) >= 11 is 1.55. The third-order valence-electron chi connectivity index (χ3n) is 3.79. The number of amides is 1. The molecule has 1 aromatic rings. The second kappa shape index (κ2) is 8.68. The van der Waals surface area contributed by atoms with Gasteiger partial charge in [-0.3, -0.25) is 14.6 Å². The van der Waals surface area contributed by atoms with Crippen molar-refractivity contribution in [3.63, 3.8) is 0 Å². The molecule has 7 heteroatoms. The first-order valence-corrected chi connectivity index (χ1v) is 8.17. The summed E-state index contributed by atoms with van der Waals surface area (Å²) in [6.07, 6.45) is 2.46. The molecule has 1 unspecified atom stereocenters. The van der Waals surface area contributed by atoms with E-state index in [1.54, 1.807) is 23.2 Å². The zero-order valence-corrected chi connectivity index (χ0v) is 14.4. The van der Waals surface area contributed by atoms with Crippen molar-refractivity contribution in [2.24, 2.45) is 11.7 Å². The summed E-state index contributed by atoms with van der Waals surface area (Å²) < 4.78 is 0. The normalized spacial score (nSPS) is 19.1. The Hall–Kier alpha value is -0.690. The van der Waals surface area contributed by atoms with E-state index in [1.807, 2.05) is 6.92 Å². The highest BCUT2D eigenvalue weighted by atomic mass is 35.5. The van der Waals surface area contributed by atoms with Crippen LogP contribution in [0.1, 0.15) is 32.4 Å². The highest BCUT2D eigenvalue weighted by Gasteiger charge is 2.20. The van der Waals surface area contributed by atoms with Crippen LogP contribution in [0, 0.1) is 5.92 Å². The number of piperidine rings is 1. The molecule has 120 valence electrons. The van der Waals surface area contributed by atoms with Crippen LogP contribution in [-0.2, 0) is 11.3 Å². The average molecular weight is 333 g/mol. The van der Waals surface area contributed by atoms with Crippen molar-refractivity contribution in [3.8, 4) is 0 Å². The maximum absolute atomic E-state index is 11.5. The van der Waals surface area contributed by atoms with Gasteiger partial charge in [0.2, 0.25) is 5.91 Å². The standard InChI is InChI=1S/C14H24N4OS.ClH/c1-3-18(11(2)19)14-16-13(10-20-14)9-17-6-4-5-12(7-15)8-17;/h10,12H,3-9,15H2,1-2H3;1H. The van der Waals surface area contributed by atoms with Gasteiger partial charge in [0.1, 0.15) is 0 Å². The smallest absolute Gasteiger partial charge is 0.225 e. The summed E-state index contributed by atoms with van der Waals surface area (Å²) in [7, 11) is 0. The van der Waals surface area contributed by atoms with E-state index in [4.69, 9.17) is 5.73 Å². The topological polar surface area (TPSA) is 62.5 Å². The third-order valence-corrected chi connectivity index (χ3v) is 4.70. The first-order chi connectivity index (χ1) is 9.63. The van der Waals surface area contributed by atoms with Gasteiger partial charge in [-0.15, -0.1) is 23.7 Å². The maximum Gasteiger partial charge on any atom is 0.225 e. The lowest BCUT2D eigenvalue weighted by Gasteiger charge is -2.31. The average Bonchev–Trinajstić information content (AvgIpc) is 2.87. The molecule has 2 heterocycles. The van der Waals surface area contributed by atoms with Crippen LogP contribution < -0.4 is 10.6 Å². The molecule has 0 aliphatic carbocycles. The summed E-state index contributed by atoms with van der Waals surface area (Å²) in [6, 6.07) is 0. The highest BCUT2D eigenvalue weighted by Crippen LogP contribution is 2.23. The highest BCUT2D eigenvalue weighted by molar-refractivity contribution is 7.14. The first-order valence-electron chi connectivity index (χ1n) is 7.29. The van der Waals surface area contributed by atoms with Crippen LogP contribution >= 0.6 is 23.7 Å². The Bertz CT molecular complexity index is 454. The molecule has 1 aliphatic rings. The Kier molecular flexibility index (Phi) is 7.59. The molecule has 0 aromatic carbocycles. The fourth-order valence-electron chi connectivity index (χ4n) is 2.70. The van der Waals surface area contributed by atoms with Gasteiger partial charge in [0.15, 0.2) is 5.13 Å². The van der Waals surface area contributed by atoms with Gasteiger partial charge >= 0.3 is 0 Å². The van der Waals surface area contributed by atoms with Crippen LogP contribution in [0.5, 0.6) is 0 Å². The second-order valence-electron chi connectivity index (χ2n) is 5.36. The molecule has 21 heavy (non-hydrogen) atoms. The number of rotatable bonds is 5. The van der Waals surface area contributed by atoms with Gasteiger partial charge in [-0.05, 0) is 38.8 Å². The molecular weight excluding hydrogens is 308 g/mol. The number of halogens is 1. The molecule has 1 aromatic heterocycles. The molecule has 1 aliphatic heterocycles. The van der Waals surface area contributed by atoms with E-state index in [-0.39, 0.29) is 18.3 Å². The Labute approximate surface area is 136 Å². The molecule has 0 spiro atoms. The van der Waals surface area contributed by atoms with Gasteiger partial charge in [0, 0.05) is 31.9 Å². The van der Waals surface area contributed by atoms with Gasteiger partial charge in [-0.25, -0.2) is 4.98 Å². The molecule has 1 atom stereocenters. The molecule has 1 saturated heterocycles. The minimum atomic E-state index is 0. The largest absolute Gasteiger partial charge is 0.330 e. The Morgan fingerprint density at radius 1 is 1.62 bits per heavy atom. The van der Waals surface area contributed by atoms with E-state index in [1.165, 1.54) is 12.8 Å². The summed E-state index contributed by atoms with van der Waals surface area (Å²) in [5.41, 5.74) is 6.83. The van der Waals surface area contributed by atoms with Crippen molar-refractivity contribution in [1.29, 1.82) is 0 Å². The number of nitrogens with two attached hydrogens (primary N) is 1. The Balaban J connectivity index is 0.00000220. The fourth-order valence-corrected chi connectivity index (χ4v) is 3.63. The number of hydrogen-bond acceptors (Lipinski definition) is 5. The zero-order chi connectivity index (χ0) is 14.5. The zero-order valence-electron chi connectivity index (χ0n) is 12.7. The van der Waals surface area contributed by atoms with E-state index in [2.05, 4.69) is 15.3 Å². The number of hydrogen-bond donors (Lipinski definition) is 1. The lowest BCUT2D eigenvalue weighted by molar-refractivity contribution is -0.116. The predicted molar refractivity (Wildman–Crippen MR) is 90.1 cm³/mol. The van der Waals surface area contributed by atoms with Crippen molar-refractivity contribution in [2.75, 3.05) is 31.1 Å². The maximum atomic E-state index is 11.5. The van der Waals surface area contributed by atoms with Crippen molar-refractivity contribution in [1.82, 2.24) is 9.88 Å². The second-order valence-corrected chi connectivity index (χ2v) is 6.20. The molecule has 1 fully saturated rings. The predicted octanol–water partition coefficient (Wildman–Crippen LogP) is 2.11. The molecule has 5 nitrogen and oxygen atoms in total. The fraction of sp³-hybridized carbons (Fsp3) is 0.714. The summed E-state index contributed by atoms with van der Waals surface area (Å²) in [5, 5.41) is 2.87. The molecule has 0 radical (unpaired) electrons. The SMILES string of the molecule is CCN(C(C)=O)c1nc(CN2CCCC(CN)C2)cs1.Cl. The number of thiazole rings is 1. The van der Waals surface area contributed by atoms with Crippen LogP contribution in [0.4, 0.5) is 5.13 Å². The van der Waals surface area contributed by atoms with Gasteiger partial charge in [-0.2, -0.15) is 0 Å².